The number of aromatic nitrogens is 1. The maximum absolute atomic E-state index is 11.8. The molecule has 1 aromatic carbocycles. The van der Waals surface area contributed by atoms with Crippen molar-refractivity contribution in [3.05, 3.63) is 37.7 Å². The molecule has 1 heterocycles. The monoisotopic (exact) mass is 321 g/mol. The molecule has 0 atom stereocenters. The normalized spacial score (nSPS) is 10.4. The molecule has 0 bridgehead atoms. The van der Waals surface area contributed by atoms with Crippen molar-refractivity contribution in [2.45, 2.75) is 0 Å². The molecule has 1 aromatic heterocycles. The third kappa shape index (κ3) is 2.87. The Bertz CT molecular complexity index is 614. The predicted octanol–water partition coefficient (Wildman–Crippen LogP) is 3.94. The van der Waals surface area contributed by atoms with Crippen LogP contribution in [-0.2, 0) is 0 Å². The lowest BCUT2D eigenvalue weighted by Crippen LogP contribution is -2.13. The van der Waals surface area contributed by atoms with Gasteiger partial charge in [0.25, 0.3) is 5.91 Å². The Morgan fingerprint density at radius 1 is 1.28 bits per heavy atom. The second kappa shape index (κ2) is 5.32. The number of carbonyl (C=O) groups is 1. The van der Waals surface area contributed by atoms with Gasteiger partial charge in [-0.2, -0.15) is 0 Å². The van der Waals surface area contributed by atoms with Crippen molar-refractivity contribution in [3.8, 4) is 0 Å². The second-order valence-corrected chi connectivity index (χ2v) is 5.55. The fourth-order valence-corrected chi connectivity index (χ4v) is 2.29. The van der Waals surface area contributed by atoms with Gasteiger partial charge in [0.2, 0.25) is 0 Å². The van der Waals surface area contributed by atoms with Gasteiger partial charge in [-0.25, -0.2) is 4.98 Å². The minimum Gasteiger partial charge on any atom is -0.397 e. The topological polar surface area (TPSA) is 68.0 Å². The first-order valence-electron chi connectivity index (χ1n) is 4.64. The maximum Gasteiger partial charge on any atom is 0.275 e. The number of thiazole rings is 1. The Morgan fingerprint density at radius 2 is 1.94 bits per heavy atom. The quantitative estimate of drug-likeness (QED) is 0.823. The number of nitrogen functional groups attached to an aromatic ring is 1. The summed E-state index contributed by atoms with van der Waals surface area (Å²) in [7, 11) is 0. The summed E-state index contributed by atoms with van der Waals surface area (Å²) in [6.45, 7) is 0. The van der Waals surface area contributed by atoms with E-state index in [9.17, 15) is 4.79 Å². The third-order valence-electron chi connectivity index (χ3n) is 2.05. The Balaban J connectivity index is 2.24. The van der Waals surface area contributed by atoms with Crippen LogP contribution in [0.2, 0.25) is 14.5 Å². The SMILES string of the molecule is Nc1cc(Cl)c(Cl)cc1NC(=O)c1csc(Cl)n1. The number of anilines is 2. The summed E-state index contributed by atoms with van der Waals surface area (Å²) in [4.78, 5) is 15.7. The lowest BCUT2D eigenvalue weighted by atomic mass is 10.2. The van der Waals surface area contributed by atoms with Crippen LogP contribution >= 0.6 is 46.1 Å². The van der Waals surface area contributed by atoms with Crippen LogP contribution < -0.4 is 11.1 Å². The summed E-state index contributed by atoms with van der Waals surface area (Å²) in [5, 5.41) is 4.76. The first-order chi connectivity index (χ1) is 8.47. The molecule has 0 radical (unpaired) electrons. The van der Waals surface area contributed by atoms with Crippen molar-refractivity contribution in [2.24, 2.45) is 0 Å². The molecule has 0 aliphatic carbocycles. The summed E-state index contributed by atoms with van der Waals surface area (Å²) in [6.07, 6.45) is 0. The van der Waals surface area contributed by atoms with Crippen LogP contribution in [0.4, 0.5) is 11.4 Å². The predicted molar refractivity (Wildman–Crippen MR) is 76.0 cm³/mol. The molecule has 0 saturated heterocycles. The summed E-state index contributed by atoms with van der Waals surface area (Å²) in [6, 6.07) is 2.94. The van der Waals surface area contributed by atoms with E-state index < -0.39 is 5.91 Å². The maximum atomic E-state index is 11.8. The first-order valence-corrected chi connectivity index (χ1v) is 6.65. The van der Waals surface area contributed by atoms with Crippen LogP contribution in [0.5, 0.6) is 0 Å². The van der Waals surface area contributed by atoms with Crippen molar-refractivity contribution >= 4 is 63.4 Å². The van der Waals surface area contributed by atoms with Gasteiger partial charge >= 0.3 is 0 Å². The molecule has 0 aliphatic heterocycles. The van der Waals surface area contributed by atoms with Gasteiger partial charge in [-0.3, -0.25) is 4.79 Å². The summed E-state index contributed by atoms with van der Waals surface area (Å²) >= 11 is 18.5. The molecular weight excluding hydrogens is 317 g/mol. The number of benzene rings is 1. The smallest absolute Gasteiger partial charge is 0.275 e. The molecule has 2 aromatic rings. The molecule has 0 saturated carbocycles. The van der Waals surface area contributed by atoms with Gasteiger partial charge in [0.15, 0.2) is 4.47 Å². The molecule has 0 fully saturated rings. The van der Waals surface area contributed by atoms with Gasteiger partial charge in [-0.1, -0.05) is 34.8 Å². The van der Waals surface area contributed by atoms with Crippen molar-refractivity contribution < 1.29 is 4.79 Å². The molecule has 4 nitrogen and oxygen atoms in total. The lowest BCUT2D eigenvalue weighted by Gasteiger charge is -2.08. The average Bonchev–Trinajstić information content (AvgIpc) is 2.73. The van der Waals surface area contributed by atoms with Crippen LogP contribution in [0.1, 0.15) is 10.5 Å². The number of hydrogen-bond donors (Lipinski definition) is 2. The molecule has 1 amide bonds. The standard InChI is InChI=1S/C10H6Cl3N3OS/c11-4-1-6(14)7(2-5(4)12)15-9(17)8-3-18-10(13)16-8/h1-3H,14H2,(H,15,17). The average molecular weight is 323 g/mol. The van der Waals surface area contributed by atoms with Gasteiger partial charge in [-0.15, -0.1) is 11.3 Å². The van der Waals surface area contributed by atoms with Gasteiger partial charge in [-0.05, 0) is 12.1 Å². The number of nitrogens with zero attached hydrogens (tertiary/aromatic N) is 1. The van der Waals surface area contributed by atoms with Crippen LogP contribution in [-0.4, -0.2) is 10.9 Å². The number of nitrogens with two attached hydrogens (primary N) is 1. The molecule has 0 unspecified atom stereocenters. The first kappa shape index (κ1) is 13.4. The minimum atomic E-state index is -0.414. The molecule has 2 rings (SSSR count). The van der Waals surface area contributed by atoms with Crippen LogP contribution in [0, 0.1) is 0 Å². The number of amides is 1. The zero-order valence-corrected chi connectivity index (χ0v) is 11.8. The molecular formula is C10H6Cl3N3OS. The van der Waals surface area contributed by atoms with Gasteiger partial charge < -0.3 is 11.1 Å². The fourth-order valence-electron chi connectivity index (χ4n) is 1.21. The van der Waals surface area contributed by atoms with Crippen molar-refractivity contribution in [1.82, 2.24) is 4.98 Å². The zero-order chi connectivity index (χ0) is 13.3. The second-order valence-electron chi connectivity index (χ2n) is 3.29. The van der Waals surface area contributed by atoms with E-state index >= 15 is 0 Å². The molecule has 18 heavy (non-hydrogen) atoms. The zero-order valence-electron chi connectivity index (χ0n) is 8.71. The highest BCUT2D eigenvalue weighted by Gasteiger charge is 2.13. The van der Waals surface area contributed by atoms with E-state index in [0.29, 0.717) is 25.9 Å². The van der Waals surface area contributed by atoms with Crippen LogP contribution in [0.15, 0.2) is 17.5 Å². The highest BCUT2D eigenvalue weighted by atomic mass is 35.5. The molecule has 0 spiro atoms. The largest absolute Gasteiger partial charge is 0.397 e. The van der Waals surface area contributed by atoms with E-state index in [-0.39, 0.29) is 5.69 Å². The molecule has 94 valence electrons. The lowest BCUT2D eigenvalue weighted by molar-refractivity contribution is 0.102. The minimum absolute atomic E-state index is 0.218. The fraction of sp³-hybridized carbons (Fsp3) is 0. The van der Waals surface area contributed by atoms with Crippen molar-refractivity contribution in [2.75, 3.05) is 11.1 Å². The van der Waals surface area contributed by atoms with Gasteiger partial charge in [0.1, 0.15) is 5.69 Å². The molecule has 0 aliphatic rings. The van der Waals surface area contributed by atoms with E-state index in [1.54, 1.807) is 5.38 Å². The van der Waals surface area contributed by atoms with Gasteiger partial charge in [0, 0.05) is 5.38 Å². The highest BCUT2D eigenvalue weighted by molar-refractivity contribution is 7.14. The summed E-state index contributed by atoms with van der Waals surface area (Å²) in [5.41, 5.74) is 6.63. The Kier molecular flexibility index (Phi) is 3.97. The summed E-state index contributed by atoms with van der Waals surface area (Å²) < 4.78 is 0.294. The van der Waals surface area contributed by atoms with E-state index in [4.69, 9.17) is 40.5 Å². The third-order valence-corrected chi connectivity index (χ3v) is 3.75. The van der Waals surface area contributed by atoms with Crippen molar-refractivity contribution in [3.63, 3.8) is 0 Å². The van der Waals surface area contributed by atoms with Crippen LogP contribution in [0.3, 0.4) is 0 Å². The number of hydrogen-bond acceptors (Lipinski definition) is 4. The molecule has 8 heteroatoms. The van der Waals surface area contributed by atoms with E-state index in [0.717, 1.165) is 0 Å². The van der Waals surface area contributed by atoms with Crippen molar-refractivity contribution in [1.29, 1.82) is 0 Å². The Hall–Kier alpha value is -1.01. The van der Waals surface area contributed by atoms with E-state index in [2.05, 4.69) is 10.3 Å². The molecule has 3 N–H and O–H groups in total. The van der Waals surface area contributed by atoms with Crippen LogP contribution in [0.25, 0.3) is 0 Å². The highest BCUT2D eigenvalue weighted by Crippen LogP contribution is 2.31. The Morgan fingerprint density at radius 3 is 2.56 bits per heavy atom. The number of carbonyl (C=O) groups excluding carboxylic acids is 1. The van der Waals surface area contributed by atoms with E-state index in [1.807, 2.05) is 0 Å². The number of nitrogens with one attached hydrogen (secondary N) is 1. The number of rotatable bonds is 2. The Labute approximate surface area is 122 Å². The van der Waals surface area contributed by atoms with Gasteiger partial charge in [0.05, 0.1) is 21.4 Å². The number of halogens is 3. The van der Waals surface area contributed by atoms with E-state index in [1.165, 1.54) is 23.5 Å². The summed E-state index contributed by atoms with van der Waals surface area (Å²) in [5.74, 6) is -0.414.